The van der Waals surface area contributed by atoms with E-state index in [-0.39, 0.29) is 5.91 Å². The van der Waals surface area contributed by atoms with Crippen molar-refractivity contribution in [3.63, 3.8) is 0 Å². The highest BCUT2D eigenvalue weighted by molar-refractivity contribution is 7.22. The van der Waals surface area contributed by atoms with Gasteiger partial charge in [-0.05, 0) is 63.7 Å². The second-order valence-electron chi connectivity index (χ2n) is 7.47. The minimum Gasteiger partial charge on any atom is -0.308 e. The maximum atomic E-state index is 13.2. The molecule has 0 atom stereocenters. The smallest absolute Gasteiger partial charge is 0.233 e. The number of carbonyl (C=O) groups is 1. The second kappa shape index (κ2) is 8.60. The Bertz CT molecular complexity index is 1010. The molecule has 0 saturated carbocycles. The van der Waals surface area contributed by atoms with Gasteiger partial charge in [0.2, 0.25) is 5.91 Å². The number of aryl methyl sites for hydroxylation is 3. The lowest BCUT2D eigenvalue weighted by Gasteiger charge is -2.22. The topological polar surface area (TPSA) is 36.4 Å². The summed E-state index contributed by atoms with van der Waals surface area (Å²) in [6, 6.07) is 10.1. The lowest BCUT2D eigenvalue weighted by molar-refractivity contribution is -0.118. The highest BCUT2D eigenvalue weighted by Crippen LogP contribution is 2.33. The van der Waals surface area contributed by atoms with Crippen LogP contribution in [0.15, 0.2) is 30.3 Å². The normalized spacial score (nSPS) is 11.4. The molecule has 0 N–H and O–H groups in total. The SMILES string of the molecule is Cc1ccc(CC(=O)N(CCN(C)C)c2nc3c(C)c(Cl)ccc3s2)c(C)c1. The summed E-state index contributed by atoms with van der Waals surface area (Å²) in [6.45, 7) is 7.47. The summed E-state index contributed by atoms with van der Waals surface area (Å²) in [5, 5.41) is 1.43. The summed E-state index contributed by atoms with van der Waals surface area (Å²) in [4.78, 5) is 21.9. The summed E-state index contributed by atoms with van der Waals surface area (Å²) in [7, 11) is 4.02. The van der Waals surface area contributed by atoms with E-state index in [4.69, 9.17) is 16.6 Å². The van der Waals surface area contributed by atoms with Gasteiger partial charge >= 0.3 is 0 Å². The third-order valence-corrected chi connectivity index (χ3v) is 6.33. The van der Waals surface area contributed by atoms with E-state index in [9.17, 15) is 4.79 Å². The molecular weight excluding hydrogens is 390 g/mol. The van der Waals surface area contributed by atoms with Crippen LogP contribution in [0.3, 0.4) is 0 Å². The number of likely N-dealkylation sites (N-methyl/N-ethyl adjacent to an activating group) is 1. The Morgan fingerprint density at radius 3 is 2.54 bits per heavy atom. The Kier molecular flexibility index (Phi) is 6.38. The van der Waals surface area contributed by atoms with Gasteiger partial charge in [-0.2, -0.15) is 0 Å². The summed E-state index contributed by atoms with van der Waals surface area (Å²) in [6.07, 6.45) is 0.370. The van der Waals surface area contributed by atoms with Crippen molar-refractivity contribution in [3.8, 4) is 0 Å². The van der Waals surface area contributed by atoms with Gasteiger partial charge in [0.05, 0.1) is 16.6 Å². The molecule has 0 fully saturated rings. The zero-order valence-corrected chi connectivity index (χ0v) is 18.6. The van der Waals surface area contributed by atoms with Crippen LogP contribution in [0.25, 0.3) is 10.2 Å². The number of rotatable bonds is 6. The zero-order chi connectivity index (χ0) is 20.4. The van der Waals surface area contributed by atoms with E-state index < -0.39 is 0 Å². The Labute approximate surface area is 175 Å². The van der Waals surface area contributed by atoms with Crippen molar-refractivity contribution in [2.45, 2.75) is 27.2 Å². The molecule has 0 spiro atoms. The number of hydrogen-bond acceptors (Lipinski definition) is 4. The molecule has 148 valence electrons. The van der Waals surface area contributed by atoms with Crippen LogP contribution >= 0.6 is 22.9 Å². The van der Waals surface area contributed by atoms with E-state index >= 15 is 0 Å². The fourth-order valence-corrected chi connectivity index (χ4v) is 4.35. The predicted molar refractivity (Wildman–Crippen MR) is 120 cm³/mol. The van der Waals surface area contributed by atoms with Crippen molar-refractivity contribution >= 4 is 44.2 Å². The van der Waals surface area contributed by atoms with Gasteiger partial charge in [0.15, 0.2) is 5.13 Å². The minimum atomic E-state index is 0.0663. The molecule has 0 radical (unpaired) electrons. The number of anilines is 1. The number of thiazole rings is 1. The fraction of sp³-hybridized carbons (Fsp3) is 0.364. The zero-order valence-electron chi connectivity index (χ0n) is 17.0. The molecule has 1 amide bonds. The van der Waals surface area contributed by atoms with Gasteiger partial charge in [0.1, 0.15) is 0 Å². The van der Waals surface area contributed by atoms with E-state index in [0.717, 1.165) is 38.6 Å². The first kappa shape index (κ1) is 20.8. The molecule has 0 saturated heterocycles. The van der Waals surface area contributed by atoms with E-state index in [0.29, 0.717) is 18.0 Å². The molecule has 3 rings (SSSR count). The molecule has 4 nitrogen and oxygen atoms in total. The molecule has 0 aliphatic heterocycles. The number of fused-ring (bicyclic) bond motifs is 1. The number of hydrogen-bond donors (Lipinski definition) is 0. The van der Waals surface area contributed by atoms with E-state index in [1.807, 2.05) is 38.1 Å². The molecule has 0 aliphatic rings. The van der Waals surface area contributed by atoms with Crippen LogP contribution in [0, 0.1) is 20.8 Å². The van der Waals surface area contributed by atoms with Crippen molar-refractivity contribution in [2.24, 2.45) is 0 Å². The van der Waals surface area contributed by atoms with Crippen LogP contribution in [0.5, 0.6) is 0 Å². The molecule has 0 bridgehead atoms. The number of carbonyl (C=O) groups excluding carboxylic acids is 1. The number of aromatic nitrogens is 1. The first-order valence-corrected chi connectivity index (χ1v) is 10.5. The average Bonchev–Trinajstić information content (AvgIpc) is 3.05. The second-order valence-corrected chi connectivity index (χ2v) is 8.89. The Balaban J connectivity index is 1.94. The highest BCUT2D eigenvalue weighted by Gasteiger charge is 2.21. The lowest BCUT2D eigenvalue weighted by Crippen LogP contribution is -2.37. The molecule has 1 heterocycles. The van der Waals surface area contributed by atoms with Gasteiger partial charge in [-0.15, -0.1) is 0 Å². The first-order valence-electron chi connectivity index (χ1n) is 9.33. The molecule has 2 aromatic carbocycles. The van der Waals surface area contributed by atoms with Crippen LogP contribution in [0.4, 0.5) is 5.13 Å². The van der Waals surface area contributed by atoms with Gasteiger partial charge in [-0.3, -0.25) is 9.69 Å². The van der Waals surface area contributed by atoms with Gasteiger partial charge in [-0.1, -0.05) is 46.7 Å². The molecule has 6 heteroatoms. The third-order valence-electron chi connectivity index (χ3n) is 4.88. The van der Waals surface area contributed by atoms with Gasteiger partial charge in [0.25, 0.3) is 0 Å². The molecular formula is C22H26ClN3OS. The monoisotopic (exact) mass is 415 g/mol. The average molecular weight is 416 g/mol. The molecule has 0 unspecified atom stereocenters. The van der Waals surface area contributed by atoms with Crippen molar-refractivity contribution in [1.29, 1.82) is 0 Å². The van der Waals surface area contributed by atoms with E-state index in [2.05, 4.69) is 36.9 Å². The number of halogens is 1. The Morgan fingerprint density at radius 2 is 1.86 bits per heavy atom. The van der Waals surface area contributed by atoms with Crippen LogP contribution in [-0.4, -0.2) is 43.0 Å². The maximum absolute atomic E-state index is 13.2. The summed E-state index contributed by atoms with van der Waals surface area (Å²) >= 11 is 7.80. The van der Waals surface area contributed by atoms with E-state index in [1.165, 1.54) is 5.56 Å². The van der Waals surface area contributed by atoms with Gasteiger partial charge in [-0.25, -0.2) is 4.98 Å². The number of amides is 1. The predicted octanol–water partition coefficient (Wildman–Crippen LogP) is 5.01. The van der Waals surface area contributed by atoms with Crippen LogP contribution in [0.1, 0.15) is 22.3 Å². The van der Waals surface area contributed by atoms with Crippen molar-refractivity contribution < 1.29 is 4.79 Å². The fourth-order valence-electron chi connectivity index (χ4n) is 3.13. The molecule has 3 aromatic rings. The molecule has 1 aromatic heterocycles. The van der Waals surface area contributed by atoms with Gasteiger partial charge in [0, 0.05) is 18.1 Å². The minimum absolute atomic E-state index is 0.0663. The summed E-state index contributed by atoms with van der Waals surface area (Å²) in [5.74, 6) is 0.0663. The molecule has 0 aliphatic carbocycles. The summed E-state index contributed by atoms with van der Waals surface area (Å²) < 4.78 is 1.05. The highest BCUT2D eigenvalue weighted by atomic mass is 35.5. The van der Waals surface area contributed by atoms with Crippen molar-refractivity contribution in [2.75, 3.05) is 32.1 Å². The van der Waals surface area contributed by atoms with Crippen LogP contribution in [0.2, 0.25) is 5.02 Å². The lowest BCUT2D eigenvalue weighted by atomic mass is 10.0. The Morgan fingerprint density at radius 1 is 1.11 bits per heavy atom. The standard InChI is InChI=1S/C22H26ClN3OS/c1-14-6-7-17(15(2)12-14)13-20(27)26(11-10-25(4)5)22-24-21-16(3)18(23)8-9-19(21)28-22/h6-9,12H,10-11,13H2,1-5H3. The third kappa shape index (κ3) is 4.54. The summed E-state index contributed by atoms with van der Waals surface area (Å²) in [5.41, 5.74) is 5.24. The first-order chi connectivity index (χ1) is 13.3. The van der Waals surface area contributed by atoms with Crippen molar-refractivity contribution in [1.82, 2.24) is 9.88 Å². The van der Waals surface area contributed by atoms with E-state index in [1.54, 1.807) is 11.3 Å². The van der Waals surface area contributed by atoms with Crippen molar-refractivity contribution in [3.05, 3.63) is 57.6 Å². The maximum Gasteiger partial charge on any atom is 0.233 e. The number of nitrogens with zero attached hydrogens (tertiary/aromatic N) is 3. The largest absolute Gasteiger partial charge is 0.308 e. The Hall–Kier alpha value is -1.95. The van der Waals surface area contributed by atoms with Gasteiger partial charge < -0.3 is 4.90 Å². The van der Waals surface area contributed by atoms with Crippen LogP contribution < -0.4 is 4.90 Å². The number of benzene rings is 2. The quantitative estimate of drug-likeness (QED) is 0.567. The van der Waals surface area contributed by atoms with Crippen LogP contribution in [-0.2, 0) is 11.2 Å². The molecule has 28 heavy (non-hydrogen) atoms.